The van der Waals surface area contributed by atoms with Crippen LogP contribution in [0.25, 0.3) is 10.9 Å². The molecule has 1 fully saturated rings. The molecule has 24 heavy (non-hydrogen) atoms. The summed E-state index contributed by atoms with van der Waals surface area (Å²) in [4.78, 5) is 4.93. The van der Waals surface area contributed by atoms with Crippen molar-refractivity contribution >= 4 is 16.9 Å². The van der Waals surface area contributed by atoms with Crippen molar-refractivity contribution in [2.45, 2.75) is 25.2 Å². The smallest absolute Gasteiger partial charge is 0.318 e. The number of rotatable bonds is 3. The number of aromatic nitrogens is 3. The Morgan fingerprint density at radius 2 is 2.00 bits per heavy atom. The van der Waals surface area contributed by atoms with Crippen LogP contribution < -0.4 is 4.90 Å². The third kappa shape index (κ3) is 2.61. The Balaban J connectivity index is 1.49. The van der Waals surface area contributed by atoms with Gasteiger partial charge in [0.05, 0.1) is 0 Å². The van der Waals surface area contributed by atoms with Crippen LogP contribution in [-0.2, 0) is 0 Å². The maximum absolute atomic E-state index is 13.3. The van der Waals surface area contributed by atoms with Crippen molar-refractivity contribution < 1.29 is 17.6 Å². The first-order valence-electron chi connectivity index (χ1n) is 7.75. The molecule has 1 aromatic carbocycles. The molecule has 5 nitrogen and oxygen atoms in total. The fourth-order valence-corrected chi connectivity index (χ4v) is 3.28. The SMILES string of the molecule is Fc1ccc2c(C3CCN(c4nnc(C(F)F)o4)CC3)c[nH]c2c1. The zero-order valence-electron chi connectivity index (χ0n) is 12.7. The molecule has 0 atom stereocenters. The molecule has 1 aliphatic heterocycles. The topological polar surface area (TPSA) is 58.0 Å². The lowest BCUT2D eigenvalue weighted by molar-refractivity contribution is 0.115. The fraction of sp³-hybridized carbons (Fsp3) is 0.375. The van der Waals surface area contributed by atoms with Gasteiger partial charge in [-0.2, -0.15) is 8.78 Å². The van der Waals surface area contributed by atoms with Gasteiger partial charge in [0.1, 0.15) is 5.82 Å². The van der Waals surface area contributed by atoms with Gasteiger partial charge in [-0.05, 0) is 42.5 Å². The Kier molecular flexibility index (Phi) is 3.66. The zero-order chi connectivity index (χ0) is 16.7. The Morgan fingerprint density at radius 1 is 1.21 bits per heavy atom. The number of H-pyrrole nitrogens is 1. The van der Waals surface area contributed by atoms with Crippen LogP contribution in [0.1, 0.15) is 36.6 Å². The first-order valence-corrected chi connectivity index (χ1v) is 7.75. The second kappa shape index (κ2) is 5.85. The normalized spacial score (nSPS) is 16.4. The van der Waals surface area contributed by atoms with Gasteiger partial charge >= 0.3 is 12.4 Å². The van der Waals surface area contributed by atoms with Crippen molar-refractivity contribution in [3.8, 4) is 0 Å². The molecule has 0 saturated carbocycles. The first kappa shape index (κ1) is 15.0. The van der Waals surface area contributed by atoms with E-state index in [2.05, 4.69) is 15.2 Å². The number of benzene rings is 1. The van der Waals surface area contributed by atoms with Gasteiger partial charge in [-0.15, -0.1) is 5.10 Å². The van der Waals surface area contributed by atoms with Crippen molar-refractivity contribution in [1.82, 2.24) is 15.2 Å². The molecule has 126 valence electrons. The summed E-state index contributed by atoms with van der Waals surface area (Å²) in [5.74, 6) is -0.597. The summed E-state index contributed by atoms with van der Waals surface area (Å²) in [6.07, 6.45) is 0.829. The van der Waals surface area contributed by atoms with Crippen LogP contribution >= 0.6 is 0 Å². The predicted octanol–water partition coefficient (Wildman–Crippen LogP) is 4.01. The van der Waals surface area contributed by atoms with Crippen molar-refractivity contribution in [2.24, 2.45) is 0 Å². The monoisotopic (exact) mass is 336 g/mol. The highest BCUT2D eigenvalue weighted by Crippen LogP contribution is 2.34. The Labute approximate surface area is 135 Å². The molecule has 0 radical (unpaired) electrons. The number of halogens is 3. The van der Waals surface area contributed by atoms with E-state index in [0.29, 0.717) is 19.0 Å². The molecule has 3 heterocycles. The lowest BCUT2D eigenvalue weighted by Crippen LogP contribution is -2.33. The van der Waals surface area contributed by atoms with Gasteiger partial charge in [0.25, 0.3) is 5.89 Å². The van der Waals surface area contributed by atoms with E-state index >= 15 is 0 Å². The molecule has 1 aliphatic rings. The lowest BCUT2D eigenvalue weighted by atomic mass is 9.89. The van der Waals surface area contributed by atoms with E-state index < -0.39 is 12.3 Å². The minimum absolute atomic E-state index is 0.143. The van der Waals surface area contributed by atoms with Gasteiger partial charge in [0, 0.05) is 30.2 Å². The lowest BCUT2D eigenvalue weighted by Gasteiger charge is -2.30. The minimum atomic E-state index is -2.75. The molecule has 0 amide bonds. The van der Waals surface area contributed by atoms with Gasteiger partial charge in [-0.25, -0.2) is 4.39 Å². The number of piperidine rings is 1. The van der Waals surface area contributed by atoms with E-state index in [1.165, 1.54) is 12.1 Å². The summed E-state index contributed by atoms with van der Waals surface area (Å²) in [5, 5.41) is 8.07. The summed E-state index contributed by atoms with van der Waals surface area (Å²) < 4.78 is 43.3. The highest BCUT2D eigenvalue weighted by atomic mass is 19.3. The van der Waals surface area contributed by atoms with Crippen molar-refractivity contribution in [3.63, 3.8) is 0 Å². The van der Waals surface area contributed by atoms with Gasteiger partial charge in [-0.3, -0.25) is 0 Å². The van der Waals surface area contributed by atoms with E-state index in [9.17, 15) is 13.2 Å². The van der Waals surface area contributed by atoms with Gasteiger partial charge < -0.3 is 14.3 Å². The van der Waals surface area contributed by atoms with Gasteiger partial charge in [0.2, 0.25) is 0 Å². The maximum atomic E-state index is 13.3. The second-order valence-corrected chi connectivity index (χ2v) is 5.92. The summed E-state index contributed by atoms with van der Waals surface area (Å²) >= 11 is 0. The van der Waals surface area contributed by atoms with Crippen LogP contribution in [0, 0.1) is 5.82 Å². The largest absolute Gasteiger partial charge is 0.402 e. The van der Waals surface area contributed by atoms with Crippen molar-refractivity contribution in [3.05, 3.63) is 41.7 Å². The molecule has 1 N–H and O–H groups in total. The van der Waals surface area contributed by atoms with E-state index in [1.54, 1.807) is 6.07 Å². The Morgan fingerprint density at radius 3 is 2.71 bits per heavy atom. The Hall–Kier alpha value is -2.51. The molecular weight excluding hydrogens is 321 g/mol. The molecular formula is C16H15F3N4O. The number of fused-ring (bicyclic) bond motifs is 1. The number of aromatic amines is 1. The zero-order valence-corrected chi connectivity index (χ0v) is 12.7. The highest BCUT2D eigenvalue weighted by molar-refractivity contribution is 5.83. The first-order chi connectivity index (χ1) is 11.6. The third-order valence-corrected chi connectivity index (χ3v) is 4.50. The minimum Gasteiger partial charge on any atom is -0.402 e. The number of hydrogen-bond donors (Lipinski definition) is 1. The maximum Gasteiger partial charge on any atom is 0.318 e. The average Bonchev–Trinajstić information content (AvgIpc) is 3.22. The predicted molar refractivity (Wildman–Crippen MR) is 81.7 cm³/mol. The molecule has 0 unspecified atom stereocenters. The van der Waals surface area contributed by atoms with Crippen molar-refractivity contribution in [2.75, 3.05) is 18.0 Å². The molecule has 0 bridgehead atoms. The average molecular weight is 336 g/mol. The standard InChI is InChI=1S/C16H15F3N4O/c17-10-1-2-11-12(8-20-13(11)7-10)9-3-5-23(6-4-9)16-22-21-15(24-16)14(18)19/h1-2,7-9,14,20H,3-6H2. The molecule has 0 spiro atoms. The van der Waals surface area contributed by atoms with Crippen LogP contribution in [-0.4, -0.2) is 28.3 Å². The van der Waals surface area contributed by atoms with Gasteiger partial charge in [-0.1, -0.05) is 5.10 Å². The molecule has 1 saturated heterocycles. The van der Waals surface area contributed by atoms with Gasteiger partial charge in [0.15, 0.2) is 0 Å². The second-order valence-electron chi connectivity index (χ2n) is 5.92. The molecule has 8 heteroatoms. The summed E-state index contributed by atoms with van der Waals surface area (Å²) in [6.45, 7) is 1.28. The van der Waals surface area contributed by atoms with Crippen LogP contribution in [0.5, 0.6) is 0 Å². The summed E-state index contributed by atoms with van der Waals surface area (Å²) in [7, 11) is 0. The molecule has 4 rings (SSSR count). The van der Waals surface area contributed by atoms with Crippen molar-refractivity contribution in [1.29, 1.82) is 0 Å². The summed E-state index contributed by atoms with van der Waals surface area (Å²) in [5.41, 5.74) is 1.94. The van der Waals surface area contributed by atoms with E-state index in [-0.39, 0.29) is 11.8 Å². The fourth-order valence-electron chi connectivity index (χ4n) is 3.28. The van der Waals surface area contributed by atoms with Crippen LogP contribution in [0.4, 0.5) is 19.2 Å². The van der Waals surface area contributed by atoms with Crippen LogP contribution in [0.15, 0.2) is 28.8 Å². The molecule has 0 aliphatic carbocycles. The number of alkyl halides is 2. The van der Waals surface area contributed by atoms with Crippen LogP contribution in [0.3, 0.4) is 0 Å². The quantitative estimate of drug-likeness (QED) is 0.785. The Bertz CT molecular complexity index is 852. The van der Waals surface area contributed by atoms with E-state index in [4.69, 9.17) is 4.42 Å². The number of nitrogens with one attached hydrogen (secondary N) is 1. The number of anilines is 1. The number of hydrogen-bond acceptors (Lipinski definition) is 4. The highest BCUT2D eigenvalue weighted by Gasteiger charge is 2.26. The van der Waals surface area contributed by atoms with E-state index in [1.807, 2.05) is 11.1 Å². The third-order valence-electron chi connectivity index (χ3n) is 4.50. The molecule has 3 aromatic rings. The summed E-state index contributed by atoms with van der Waals surface area (Å²) in [6, 6.07) is 4.87. The number of nitrogens with zero attached hydrogens (tertiary/aromatic N) is 3. The molecule has 2 aromatic heterocycles. The van der Waals surface area contributed by atoms with E-state index in [0.717, 1.165) is 29.3 Å². The van der Waals surface area contributed by atoms with Crippen LogP contribution in [0.2, 0.25) is 0 Å².